The monoisotopic (exact) mass is 424 g/mol. The number of esters is 1. The maximum absolute atomic E-state index is 12.7. The summed E-state index contributed by atoms with van der Waals surface area (Å²) in [4.78, 5) is 25.1. The van der Waals surface area contributed by atoms with Gasteiger partial charge in [0, 0.05) is 0 Å². The molecule has 2 aromatic rings. The molecule has 0 spiro atoms. The highest BCUT2D eigenvalue weighted by atomic mass is 16.6. The van der Waals surface area contributed by atoms with Crippen LogP contribution in [0.4, 0.5) is 0 Å². The van der Waals surface area contributed by atoms with Crippen LogP contribution >= 0.6 is 0 Å². The lowest BCUT2D eigenvalue weighted by Crippen LogP contribution is -2.22. The number of carbonyl (C=O) groups excluding carboxylic acids is 2. The molecule has 6 heteroatoms. The molecule has 0 heterocycles. The minimum Gasteiger partial charge on any atom is -0.497 e. The summed E-state index contributed by atoms with van der Waals surface area (Å²) in [5, 5.41) is 0. The molecule has 1 saturated carbocycles. The van der Waals surface area contributed by atoms with Crippen LogP contribution in [0.5, 0.6) is 23.0 Å². The number of ether oxygens (including phenoxy) is 4. The first-order valence-electron chi connectivity index (χ1n) is 10.4. The molecule has 0 bridgehead atoms. The summed E-state index contributed by atoms with van der Waals surface area (Å²) >= 11 is 0. The Morgan fingerprint density at radius 2 is 1.55 bits per heavy atom. The molecule has 31 heavy (non-hydrogen) atoms. The van der Waals surface area contributed by atoms with Gasteiger partial charge in [-0.3, -0.25) is 9.59 Å². The van der Waals surface area contributed by atoms with Crippen molar-refractivity contribution < 1.29 is 28.5 Å². The van der Waals surface area contributed by atoms with Gasteiger partial charge in [0.15, 0.2) is 17.3 Å². The largest absolute Gasteiger partial charge is 0.497 e. The van der Waals surface area contributed by atoms with Crippen LogP contribution in [-0.2, 0) is 4.79 Å². The summed E-state index contributed by atoms with van der Waals surface area (Å²) < 4.78 is 21.5. The molecule has 0 saturated heterocycles. The van der Waals surface area contributed by atoms with Gasteiger partial charge in [0.05, 0.1) is 32.8 Å². The summed E-state index contributed by atoms with van der Waals surface area (Å²) in [6, 6.07) is 10.3. The Balaban J connectivity index is 1.74. The minimum absolute atomic E-state index is 0.0477. The fourth-order valence-corrected chi connectivity index (χ4v) is 3.67. The molecule has 164 valence electrons. The lowest BCUT2D eigenvalue weighted by molar-refractivity contribution is -0.140. The summed E-state index contributed by atoms with van der Waals surface area (Å²) in [5.41, 5.74) is 1.15. The second-order valence-electron chi connectivity index (χ2n) is 7.43. The number of ketones is 1. The second kappa shape index (κ2) is 10.7. The van der Waals surface area contributed by atoms with Gasteiger partial charge in [0.25, 0.3) is 0 Å². The maximum atomic E-state index is 12.7. The van der Waals surface area contributed by atoms with Crippen molar-refractivity contribution in [1.29, 1.82) is 0 Å². The van der Waals surface area contributed by atoms with E-state index in [1.807, 2.05) is 0 Å². The summed E-state index contributed by atoms with van der Waals surface area (Å²) in [6.45, 7) is 0. The molecule has 3 rings (SSSR count). The third-order valence-corrected chi connectivity index (χ3v) is 5.44. The zero-order chi connectivity index (χ0) is 22.2. The van der Waals surface area contributed by atoms with Crippen LogP contribution in [-0.4, -0.2) is 33.1 Å². The van der Waals surface area contributed by atoms with Crippen LogP contribution in [0.15, 0.2) is 42.5 Å². The Hall–Kier alpha value is -3.28. The molecule has 0 unspecified atom stereocenters. The van der Waals surface area contributed by atoms with E-state index in [-0.39, 0.29) is 17.7 Å². The van der Waals surface area contributed by atoms with E-state index in [0.717, 1.165) is 31.2 Å². The van der Waals surface area contributed by atoms with Gasteiger partial charge in [-0.1, -0.05) is 31.4 Å². The molecular formula is C25H28O6. The van der Waals surface area contributed by atoms with Gasteiger partial charge in [0.2, 0.25) is 0 Å². The number of hydrogen-bond acceptors (Lipinski definition) is 6. The fourth-order valence-electron chi connectivity index (χ4n) is 3.67. The Morgan fingerprint density at radius 1 is 0.839 bits per heavy atom. The highest BCUT2D eigenvalue weighted by Gasteiger charge is 2.24. The van der Waals surface area contributed by atoms with Crippen LogP contribution in [0, 0.1) is 5.92 Å². The number of benzene rings is 2. The lowest BCUT2D eigenvalue weighted by atomic mass is 9.89. The maximum Gasteiger partial charge on any atom is 0.314 e. The van der Waals surface area contributed by atoms with Crippen molar-refractivity contribution in [1.82, 2.24) is 0 Å². The summed E-state index contributed by atoms with van der Waals surface area (Å²) in [7, 11) is 4.58. The minimum atomic E-state index is -0.220. The first-order valence-corrected chi connectivity index (χ1v) is 10.4. The van der Waals surface area contributed by atoms with E-state index in [4.69, 9.17) is 18.9 Å². The van der Waals surface area contributed by atoms with Crippen LogP contribution in [0.3, 0.4) is 0 Å². The molecule has 1 aliphatic carbocycles. The number of rotatable bonds is 8. The van der Waals surface area contributed by atoms with Crippen LogP contribution in [0.25, 0.3) is 6.08 Å². The molecule has 6 nitrogen and oxygen atoms in total. The van der Waals surface area contributed by atoms with Crippen molar-refractivity contribution in [2.75, 3.05) is 21.3 Å². The van der Waals surface area contributed by atoms with Crippen molar-refractivity contribution in [3.8, 4) is 23.0 Å². The van der Waals surface area contributed by atoms with Gasteiger partial charge in [-0.05, 0) is 54.8 Å². The van der Waals surface area contributed by atoms with Gasteiger partial charge in [-0.25, -0.2) is 0 Å². The smallest absolute Gasteiger partial charge is 0.314 e. The van der Waals surface area contributed by atoms with E-state index in [1.54, 1.807) is 49.6 Å². The van der Waals surface area contributed by atoms with Gasteiger partial charge in [-0.15, -0.1) is 0 Å². The number of hydrogen-bond donors (Lipinski definition) is 0. The Morgan fingerprint density at radius 3 is 2.23 bits per heavy atom. The average Bonchev–Trinajstić information content (AvgIpc) is 2.83. The molecule has 0 N–H and O–H groups in total. The third-order valence-electron chi connectivity index (χ3n) is 5.44. The molecule has 1 fully saturated rings. The normalized spacial score (nSPS) is 14.3. The van der Waals surface area contributed by atoms with Crippen LogP contribution < -0.4 is 18.9 Å². The van der Waals surface area contributed by atoms with Crippen LogP contribution in [0.1, 0.15) is 48.0 Å². The van der Waals surface area contributed by atoms with Gasteiger partial charge in [0.1, 0.15) is 11.5 Å². The first-order chi connectivity index (χ1) is 15.0. The highest BCUT2D eigenvalue weighted by molar-refractivity contribution is 6.09. The van der Waals surface area contributed by atoms with Crippen molar-refractivity contribution in [3.05, 3.63) is 53.6 Å². The Bertz CT molecular complexity index is 956. The predicted octanol–water partition coefficient (Wildman–Crippen LogP) is 5.09. The fraction of sp³-hybridized carbons (Fsp3) is 0.360. The van der Waals surface area contributed by atoms with E-state index >= 15 is 0 Å². The quantitative estimate of drug-likeness (QED) is 0.254. The first kappa shape index (κ1) is 22.4. The molecule has 1 aliphatic rings. The molecule has 0 aliphatic heterocycles. The summed E-state index contributed by atoms with van der Waals surface area (Å²) in [5.74, 6) is 1.40. The number of carbonyl (C=O) groups is 2. The Kier molecular flexibility index (Phi) is 7.70. The molecular weight excluding hydrogens is 396 g/mol. The Labute approximate surface area is 182 Å². The van der Waals surface area contributed by atoms with Crippen LogP contribution in [0.2, 0.25) is 0 Å². The van der Waals surface area contributed by atoms with Crippen molar-refractivity contribution in [2.24, 2.45) is 5.92 Å². The molecule has 0 atom stereocenters. The zero-order valence-corrected chi connectivity index (χ0v) is 18.2. The van der Waals surface area contributed by atoms with Gasteiger partial charge >= 0.3 is 5.97 Å². The second-order valence-corrected chi connectivity index (χ2v) is 7.43. The van der Waals surface area contributed by atoms with E-state index in [0.29, 0.717) is 28.6 Å². The lowest BCUT2D eigenvalue weighted by Gasteiger charge is -2.20. The zero-order valence-electron chi connectivity index (χ0n) is 18.2. The predicted molar refractivity (Wildman–Crippen MR) is 118 cm³/mol. The average molecular weight is 424 g/mol. The molecule has 0 amide bonds. The number of allylic oxidation sites excluding steroid dienone is 1. The van der Waals surface area contributed by atoms with Gasteiger partial charge in [-0.2, -0.15) is 0 Å². The standard InChI is InChI=1S/C25H28O6/c1-28-19-11-14-22(29-2)20(16-19)21(26)12-9-17-10-13-23(24(15-17)30-3)31-25(27)18-7-5-4-6-8-18/h9-16,18H,4-8H2,1-3H3/b12-9+. The topological polar surface area (TPSA) is 71.1 Å². The van der Waals surface area contributed by atoms with E-state index in [2.05, 4.69) is 0 Å². The SMILES string of the molecule is COc1ccc(OC)c(C(=O)/C=C/c2ccc(OC(=O)C3CCCCC3)c(OC)c2)c1. The van der Waals surface area contributed by atoms with Gasteiger partial charge < -0.3 is 18.9 Å². The third kappa shape index (κ3) is 5.66. The van der Waals surface area contributed by atoms with Crippen molar-refractivity contribution >= 4 is 17.8 Å². The molecule has 0 aromatic heterocycles. The highest BCUT2D eigenvalue weighted by Crippen LogP contribution is 2.32. The van der Waals surface area contributed by atoms with E-state index < -0.39 is 0 Å². The molecule has 2 aromatic carbocycles. The van der Waals surface area contributed by atoms with E-state index in [9.17, 15) is 9.59 Å². The van der Waals surface area contributed by atoms with Crippen molar-refractivity contribution in [2.45, 2.75) is 32.1 Å². The van der Waals surface area contributed by atoms with E-state index in [1.165, 1.54) is 26.7 Å². The molecule has 0 radical (unpaired) electrons. The summed E-state index contributed by atoms with van der Waals surface area (Å²) in [6.07, 6.45) is 8.18. The number of methoxy groups -OCH3 is 3. The van der Waals surface area contributed by atoms with Crippen molar-refractivity contribution in [3.63, 3.8) is 0 Å².